The SMILES string of the molecule is COc1cc(/C=C(\C#N)C(=O)Nc2ccc(OCc3ccccc3)cc2)cc(Br)c1OCc1ccc2ccccc2c1. The Balaban J connectivity index is 1.25. The number of rotatable bonds is 10. The van der Waals surface area contributed by atoms with E-state index in [1.807, 2.05) is 54.6 Å². The summed E-state index contributed by atoms with van der Waals surface area (Å²) in [6.07, 6.45) is 1.51. The molecule has 7 heteroatoms. The van der Waals surface area contributed by atoms with Crippen LogP contribution in [0.15, 0.2) is 119 Å². The lowest BCUT2D eigenvalue weighted by Crippen LogP contribution is -2.13. The summed E-state index contributed by atoms with van der Waals surface area (Å²) in [6, 6.07) is 36.7. The summed E-state index contributed by atoms with van der Waals surface area (Å²) in [7, 11) is 1.54. The highest BCUT2D eigenvalue weighted by molar-refractivity contribution is 9.10. The van der Waals surface area contributed by atoms with Gasteiger partial charge in [-0.1, -0.05) is 66.7 Å². The molecule has 0 atom stereocenters. The quantitative estimate of drug-likeness (QED) is 0.126. The average molecular weight is 620 g/mol. The molecule has 6 nitrogen and oxygen atoms in total. The van der Waals surface area contributed by atoms with E-state index in [0.717, 1.165) is 16.5 Å². The first-order chi connectivity index (χ1) is 20.5. The van der Waals surface area contributed by atoms with Crippen molar-refractivity contribution in [3.05, 3.63) is 136 Å². The number of nitrogens with zero attached hydrogens (tertiary/aromatic N) is 1. The van der Waals surface area contributed by atoms with Gasteiger partial charge in [0.25, 0.3) is 5.91 Å². The van der Waals surface area contributed by atoms with Crippen molar-refractivity contribution in [2.45, 2.75) is 13.2 Å². The molecule has 0 bridgehead atoms. The van der Waals surface area contributed by atoms with Crippen LogP contribution in [0.25, 0.3) is 16.8 Å². The molecule has 0 aliphatic heterocycles. The van der Waals surface area contributed by atoms with Gasteiger partial charge < -0.3 is 19.5 Å². The number of nitriles is 1. The third-order valence-electron chi connectivity index (χ3n) is 6.49. The first kappa shape index (κ1) is 28.5. The van der Waals surface area contributed by atoms with Crippen LogP contribution >= 0.6 is 15.9 Å². The second-order valence-electron chi connectivity index (χ2n) is 9.43. The third-order valence-corrected chi connectivity index (χ3v) is 7.07. The number of ether oxygens (including phenoxy) is 3. The van der Waals surface area contributed by atoms with E-state index in [1.54, 1.807) is 43.5 Å². The highest BCUT2D eigenvalue weighted by Gasteiger charge is 2.15. The normalized spacial score (nSPS) is 11.0. The van der Waals surface area contributed by atoms with Gasteiger partial charge in [0.05, 0.1) is 11.6 Å². The Morgan fingerprint density at radius 1 is 0.833 bits per heavy atom. The lowest BCUT2D eigenvalue weighted by Gasteiger charge is -2.14. The maximum Gasteiger partial charge on any atom is 0.266 e. The summed E-state index contributed by atoms with van der Waals surface area (Å²) >= 11 is 3.56. The number of benzene rings is 5. The summed E-state index contributed by atoms with van der Waals surface area (Å²) in [6.45, 7) is 0.789. The van der Waals surface area contributed by atoms with Gasteiger partial charge in [0.1, 0.15) is 30.6 Å². The minimum atomic E-state index is -0.526. The van der Waals surface area contributed by atoms with E-state index in [1.165, 1.54) is 11.5 Å². The van der Waals surface area contributed by atoms with Crippen LogP contribution in [0.2, 0.25) is 0 Å². The number of nitrogens with one attached hydrogen (secondary N) is 1. The Labute approximate surface area is 252 Å². The number of hydrogen-bond donors (Lipinski definition) is 1. The average Bonchev–Trinajstić information content (AvgIpc) is 3.02. The van der Waals surface area contributed by atoms with Gasteiger partial charge in [-0.25, -0.2) is 0 Å². The van der Waals surface area contributed by atoms with Crippen LogP contribution in [0, 0.1) is 11.3 Å². The van der Waals surface area contributed by atoms with E-state index in [2.05, 4.69) is 45.5 Å². The molecule has 0 radical (unpaired) electrons. The number of halogens is 1. The first-order valence-corrected chi connectivity index (χ1v) is 14.0. The Morgan fingerprint density at radius 3 is 2.29 bits per heavy atom. The molecule has 5 aromatic rings. The van der Waals surface area contributed by atoms with Crippen molar-refractivity contribution >= 4 is 44.4 Å². The molecule has 0 aromatic heterocycles. The number of methoxy groups -OCH3 is 1. The maximum absolute atomic E-state index is 12.9. The molecule has 0 aliphatic carbocycles. The number of anilines is 1. The first-order valence-electron chi connectivity index (χ1n) is 13.2. The van der Waals surface area contributed by atoms with Crippen molar-refractivity contribution in [3.8, 4) is 23.3 Å². The second kappa shape index (κ2) is 13.5. The second-order valence-corrected chi connectivity index (χ2v) is 10.3. The van der Waals surface area contributed by atoms with Gasteiger partial charge in [-0.2, -0.15) is 5.26 Å². The summed E-state index contributed by atoms with van der Waals surface area (Å²) in [5, 5.41) is 14.8. The van der Waals surface area contributed by atoms with Crippen molar-refractivity contribution in [2.75, 3.05) is 12.4 Å². The molecule has 0 heterocycles. The van der Waals surface area contributed by atoms with Gasteiger partial charge in [0.2, 0.25) is 0 Å². The number of carbonyl (C=O) groups is 1. The fourth-order valence-corrected chi connectivity index (χ4v) is 4.91. The van der Waals surface area contributed by atoms with Gasteiger partial charge in [-0.3, -0.25) is 4.79 Å². The topological polar surface area (TPSA) is 80.6 Å². The minimum absolute atomic E-state index is 0.0572. The number of carbonyl (C=O) groups excluding carboxylic acids is 1. The molecule has 5 rings (SSSR count). The van der Waals surface area contributed by atoms with Gasteiger partial charge in [-0.05, 0) is 91.9 Å². The molecule has 0 saturated heterocycles. The number of fused-ring (bicyclic) bond motifs is 1. The molecular weight excluding hydrogens is 592 g/mol. The van der Waals surface area contributed by atoms with E-state index in [-0.39, 0.29) is 5.57 Å². The summed E-state index contributed by atoms with van der Waals surface area (Å²) < 4.78 is 18.1. The molecule has 0 aliphatic rings. The van der Waals surface area contributed by atoms with Crippen molar-refractivity contribution in [1.29, 1.82) is 5.26 Å². The third kappa shape index (κ3) is 7.17. The summed E-state index contributed by atoms with van der Waals surface area (Å²) in [4.78, 5) is 12.9. The Kier molecular flexibility index (Phi) is 9.17. The lowest BCUT2D eigenvalue weighted by molar-refractivity contribution is -0.112. The molecule has 5 aromatic carbocycles. The maximum atomic E-state index is 12.9. The van der Waals surface area contributed by atoms with E-state index in [4.69, 9.17) is 14.2 Å². The molecule has 0 fully saturated rings. The van der Waals surface area contributed by atoms with E-state index >= 15 is 0 Å². The van der Waals surface area contributed by atoms with E-state index < -0.39 is 5.91 Å². The predicted molar refractivity (Wildman–Crippen MR) is 168 cm³/mol. The van der Waals surface area contributed by atoms with Crippen LogP contribution in [-0.2, 0) is 18.0 Å². The molecule has 0 spiro atoms. The van der Waals surface area contributed by atoms with Gasteiger partial charge in [-0.15, -0.1) is 0 Å². The standard InChI is InChI=1S/C35H27BrN2O4/c1-40-33-20-26(19-32(36)34(33)42-23-25-11-12-27-9-5-6-10-28(27)17-25)18-29(21-37)35(39)38-30-13-15-31(16-14-30)41-22-24-7-3-2-4-8-24/h2-20H,22-23H2,1H3,(H,38,39)/b29-18+. The van der Waals surface area contributed by atoms with Crippen molar-refractivity contribution in [2.24, 2.45) is 0 Å². The summed E-state index contributed by atoms with van der Waals surface area (Å²) in [5.74, 6) is 1.15. The minimum Gasteiger partial charge on any atom is -0.493 e. The highest BCUT2D eigenvalue weighted by Crippen LogP contribution is 2.38. The van der Waals surface area contributed by atoms with Crippen molar-refractivity contribution < 1.29 is 19.0 Å². The van der Waals surface area contributed by atoms with Gasteiger partial charge >= 0.3 is 0 Å². The molecule has 42 heavy (non-hydrogen) atoms. The highest BCUT2D eigenvalue weighted by atomic mass is 79.9. The zero-order chi connectivity index (χ0) is 29.3. The van der Waals surface area contributed by atoms with Crippen LogP contribution in [-0.4, -0.2) is 13.0 Å². The van der Waals surface area contributed by atoms with Crippen LogP contribution in [0.3, 0.4) is 0 Å². The molecule has 0 unspecified atom stereocenters. The van der Waals surface area contributed by atoms with Gasteiger partial charge in [0, 0.05) is 5.69 Å². The molecular formula is C35H27BrN2O4. The molecule has 1 amide bonds. The molecule has 0 saturated carbocycles. The Morgan fingerprint density at radius 2 is 1.55 bits per heavy atom. The predicted octanol–water partition coefficient (Wildman–Crippen LogP) is 8.31. The lowest BCUT2D eigenvalue weighted by atomic mass is 10.1. The molecule has 208 valence electrons. The number of hydrogen-bond acceptors (Lipinski definition) is 5. The largest absolute Gasteiger partial charge is 0.493 e. The van der Waals surface area contributed by atoms with Crippen LogP contribution in [0.5, 0.6) is 17.2 Å². The van der Waals surface area contributed by atoms with Crippen molar-refractivity contribution in [1.82, 2.24) is 0 Å². The zero-order valence-electron chi connectivity index (χ0n) is 22.8. The Bertz CT molecular complexity index is 1780. The molecule has 1 N–H and O–H groups in total. The van der Waals surface area contributed by atoms with Crippen LogP contribution in [0.1, 0.15) is 16.7 Å². The zero-order valence-corrected chi connectivity index (χ0v) is 24.4. The van der Waals surface area contributed by atoms with E-state index in [9.17, 15) is 10.1 Å². The fourth-order valence-electron chi connectivity index (χ4n) is 4.34. The van der Waals surface area contributed by atoms with Gasteiger partial charge in [0.15, 0.2) is 11.5 Å². The monoisotopic (exact) mass is 618 g/mol. The smallest absolute Gasteiger partial charge is 0.266 e. The van der Waals surface area contributed by atoms with Crippen molar-refractivity contribution in [3.63, 3.8) is 0 Å². The van der Waals surface area contributed by atoms with Crippen LogP contribution < -0.4 is 19.5 Å². The Hall–Kier alpha value is -5.06. The fraction of sp³-hybridized carbons (Fsp3) is 0.0857. The number of amides is 1. The van der Waals surface area contributed by atoms with Crippen LogP contribution in [0.4, 0.5) is 5.69 Å². The van der Waals surface area contributed by atoms with E-state index in [0.29, 0.717) is 46.2 Å². The summed E-state index contributed by atoms with van der Waals surface area (Å²) in [5.41, 5.74) is 3.17.